The first-order valence-corrected chi connectivity index (χ1v) is 8.83. The van der Waals surface area contributed by atoms with E-state index in [1.54, 1.807) is 12.4 Å². The maximum absolute atomic E-state index is 12.4. The van der Waals surface area contributed by atoms with Crippen molar-refractivity contribution >= 4 is 6.03 Å². The Balaban J connectivity index is 1.41. The molecule has 0 spiro atoms. The van der Waals surface area contributed by atoms with E-state index >= 15 is 0 Å². The van der Waals surface area contributed by atoms with Crippen LogP contribution in [0.1, 0.15) is 36.9 Å². The van der Waals surface area contributed by atoms with Gasteiger partial charge in [0.05, 0.1) is 18.8 Å². The molecule has 2 aromatic rings. The Morgan fingerprint density at radius 2 is 1.88 bits per heavy atom. The Hall–Kier alpha value is -2.40. The highest BCUT2D eigenvalue weighted by Gasteiger charge is 2.24. The molecular formula is C20H25N3O2. The Labute approximate surface area is 149 Å². The standard InChI is InChI=1S/C20H25N3O2/c1-16(18-7-11-21-12-8-18)22-20(24)23-13-9-19(10-14-23)25-15-17-5-3-2-4-6-17/h2-8,11-12,16,19H,9-10,13-15H2,1H3,(H,22,24). The lowest BCUT2D eigenvalue weighted by atomic mass is 10.1. The van der Waals surface area contributed by atoms with Crippen LogP contribution >= 0.6 is 0 Å². The van der Waals surface area contributed by atoms with Gasteiger partial charge in [0.1, 0.15) is 0 Å². The first kappa shape index (κ1) is 17.4. The summed E-state index contributed by atoms with van der Waals surface area (Å²) in [6.07, 6.45) is 5.47. The van der Waals surface area contributed by atoms with Crippen LogP contribution in [0.25, 0.3) is 0 Å². The van der Waals surface area contributed by atoms with Crippen LogP contribution in [0.2, 0.25) is 0 Å². The zero-order chi connectivity index (χ0) is 17.5. The van der Waals surface area contributed by atoms with Crippen LogP contribution < -0.4 is 5.32 Å². The number of hydrogen-bond donors (Lipinski definition) is 1. The van der Waals surface area contributed by atoms with E-state index in [-0.39, 0.29) is 18.2 Å². The largest absolute Gasteiger partial charge is 0.373 e. The van der Waals surface area contributed by atoms with E-state index < -0.39 is 0 Å². The number of piperidine rings is 1. The van der Waals surface area contributed by atoms with Crippen molar-refractivity contribution in [2.75, 3.05) is 13.1 Å². The van der Waals surface area contributed by atoms with Crippen molar-refractivity contribution in [1.82, 2.24) is 15.2 Å². The summed E-state index contributed by atoms with van der Waals surface area (Å²) in [6, 6.07) is 14.0. The molecule has 1 fully saturated rings. The average Bonchev–Trinajstić information content (AvgIpc) is 2.68. The van der Waals surface area contributed by atoms with Crippen LogP contribution in [0.5, 0.6) is 0 Å². The molecule has 0 saturated carbocycles. The van der Waals surface area contributed by atoms with Crippen molar-refractivity contribution in [3.05, 3.63) is 66.0 Å². The number of ether oxygens (including phenoxy) is 1. The lowest BCUT2D eigenvalue weighted by molar-refractivity contribution is 0.00432. The van der Waals surface area contributed by atoms with Crippen LogP contribution in [0.15, 0.2) is 54.9 Å². The second kappa shape index (κ2) is 8.62. The van der Waals surface area contributed by atoms with Crippen LogP contribution in [0.3, 0.4) is 0 Å². The molecule has 0 bridgehead atoms. The zero-order valence-electron chi connectivity index (χ0n) is 14.6. The molecule has 0 radical (unpaired) electrons. The van der Waals surface area contributed by atoms with E-state index in [4.69, 9.17) is 4.74 Å². The Morgan fingerprint density at radius 1 is 1.20 bits per heavy atom. The van der Waals surface area contributed by atoms with Gasteiger partial charge in [-0.2, -0.15) is 0 Å². The molecule has 25 heavy (non-hydrogen) atoms. The molecule has 1 aliphatic heterocycles. The number of nitrogens with one attached hydrogen (secondary N) is 1. The van der Waals surface area contributed by atoms with Gasteiger partial charge in [-0.3, -0.25) is 4.98 Å². The first-order valence-electron chi connectivity index (χ1n) is 8.83. The average molecular weight is 339 g/mol. The van der Waals surface area contributed by atoms with E-state index in [0.29, 0.717) is 6.61 Å². The van der Waals surface area contributed by atoms with E-state index in [2.05, 4.69) is 22.4 Å². The van der Waals surface area contributed by atoms with Crippen molar-refractivity contribution < 1.29 is 9.53 Å². The number of aromatic nitrogens is 1. The number of likely N-dealkylation sites (tertiary alicyclic amines) is 1. The lowest BCUT2D eigenvalue weighted by Crippen LogP contribution is -2.46. The summed E-state index contributed by atoms with van der Waals surface area (Å²) in [7, 11) is 0. The Bertz CT molecular complexity index is 655. The Kier molecular flexibility index (Phi) is 6.01. The molecular weight excluding hydrogens is 314 g/mol. The molecule has 2 heterocycles. The van der Waals surface area contributed by atoms with E-state index in [9.17, 15) is 4.79 Å². The van der Waals surface area contributed by atoms with Crippen LogP contribution in [-0.2, 0) is 11.3 Å². The number of benzene rings is 1. The number of hydrogen-bond acceptors (Lipinski definition) is 3. The third kappa shape index (κ3) is 5.03. The number of carbonyl (C=O) groups is 1. The number of pyridine rings is 1. The highest BCUT2D eigenvalue weighted by atomic mass is 16.5. The number of nitrogens with zero attached hydrogens (tertiary/aromatic N) is 2. The second-order valence-electron chi connectivity index (χ2n) is 6.43. The summed E-state index contributed by atoms with van der Waals surface area (Å²) in [6.45, 7) is 4.09. The van der Waals surface area contributed by atoms with Gasteiger partial charge in [0.2, 0.25) is 0 Å². The Morgan fingerprint density at radius 3 is 2.56 bits per heavy atom. The fraction of sp³-hybridized carbons (Fsp3) is 0.400. The van der Waals surface area contributed by atoms with Gasteiger partial charge in [0.15, 0.2) is 0 Å². The van der Waals surface area contributed by atoms with Gasteiger partial charge in [-0.15, -0.1) is 0 Å². The maximum Gasteiger partial charge on any atom is 0.317 e. The summed E-state index contributed by atoms with van der Waals surface area (Å²) in [4.78, 5) is 18.3. The van der Waals surface area contributed by atoms with Crippen LogP contribution in [0.4, 0.5) is 4.79 Å². The van der Waals surface area contributed by atoms with Gasteiger partial charge in [-0.25, -0.2) is 4.79 Å². The fourth-order valence-corrected chi connectivity index (χ4v) is 3.03. The smallest absolute Gasteiger partial charge is 0.317 e. The van der Waals surface area contributed by atoms with Crippen molar-refractivity contribution in [3.63, 3.8) is 0 Å². The minimum atomic E-state index is -0.0254. The lowest BCUT2D eigenvalue weighted by Gasteiger charge is -2.32. The van der Waals surface area contributed by atoms with Gasteiger partial charge in [-0.05, 0) is 43.0 Å². The molecule has 1 aromatic heterocycles. The highest BCUT2D eigenvalue weighted by molar-refractivity contribution is 5.74. The summed E-state index contributed by atoms with van der Waals surface area (Å²) < 4.78 is 5.98. The van der Waals surface area contributed by atoms with E-state index in [1.807, 2.05) is 42.2 Å². The molecule has 2 amide bonds. The number of amides is 2. The summed E-state index contributed by atoms with van der Waals surface area (Å²) >= 11 is 0. The molecule has 1 unspecified atom stereocenters. The molecule has 1 saturated heterocycles. The quantitative estimate of drug-likeness (QED) is 0.906. The third-order valence-electron chi connectivity index (χ3n) is 4.60. The zero-order valence-corrected chi connectivity index (χ0v) is 14.6. The fourth-order valence-electron chi connectivity index (χ4n) is 3.03. The summed E-state index contributed by atoms with van der Waals surface area (Å²) in [5, 5.41) is 3.06. The molecule has 132 valence electrons. The highest BCUT2D eigenvalue weighted by Crippen LogP contribution is 2.17. The van der Waals surface area contributed by atoms with Crippen molar-refractivity contribution in [2.45, 2.75) is 38.5 Å². The van der Waals surface area contributed by atoms with Gasteiger partial charge < -0.3 is 15.0 Å². The van der Waals surface area contributed by atoms with Gasteiger partial charge in [0.25, 0.3) is 0 Å². The van der Waals surface area contributed by atoms with E-state index in [1.165, 1.54) is 5.56 Å². The van der Waals surface area contributed by atoms with Crippen LogP contribution in [-0.4, -0.2) is 35.1 Å². The normalized spacial score (nSPS) is 16.4. The summed E-state index contributed by atoms with van der Waals surface area (Å²) in [5.74, 6) is 0. The first-order chi connectivity index (χ1) is 12.2. The molecule has 5 nitrogen and oxygen atoms in total. The minimum Gasteiger partial charge on any atom is -0.373 e. The number of urea groups is 1. The predicted molar refractivity (Wildman–Crippen MR) is 97.0 cm³/mol. The topological polar surface area (TPSA) is 54.5 Å². The molecule has 0 aliphatic carbocycles. The minimum absolute atomic E-state index is 0.00850. The van der Waals surface area contributed by atoms with Crippen molar-refractivity contribution in [2.24, 2.45) is 0 Å². The van der Waals surface area contributed by atoms with Gasteiger partial charge in [-0.1, -0.05) is 30.3 Å². The predicted octanol–water partition coefficient (Wildman–Crippen LogP) is 3.53. The van der Waals surface area contributed by atoms with Crippen LogP contribution in [0, 0.1) is 0 Å². The molecule has 3 rings (SSSR count). The van der Waals surface area contributed by atoms with Crippen molar-refractivity contribution in [3.8, 4) is 0 Å². The number of rotatable bonds is 5. The molecule has 5 heteroatoms. The SMILES string of the molecule is CC(NC(=O)N1CCC(OCc2ccccc2)CC1)c1ccncc1. The molecule has 1 aliphatic rings. The third-order valence-corrected chi connectivity index (χ3v) is 4.60. The van der Waals surface area contributed by atoms with E-state index in [0.717, 1.165) is 31.5 Å². The van der Waals surface area contributed by atoms with Gasteiger partial charge >= 0.3 is 6.03 Å². The van der Waals surface area contributed by atoms with Crippen molar-refractivity contribution in [1.29, 1.82) is 0 Å². The molecule has 1 N–H and O–H groups in total. The molecule has 1 atom stereocenters. The van der Waals surface area contributed by atoms with Gasteiger partial charge in [0, 0.05) is 25.5 Å². The summed E-state index contributed by atoms with van der Waals surface area (Å²) in [5.41, 5.74) is 2.25. The monoisotopic (exact) mass is 339 g/mol. The second-order valence-corrected chi connectivity index (χ2v) is 6.43. The maximum atomic E-state index is 12.4. The molecule has 1 aromatic carbocycles. The number of carbonyl (C=O) groups excluding carboxylic acids is 1.